The molecule has 0 saturated carbocycles. The van der Waals surface area contributed by atoms with Crippen molar-refractivity contribution in [3.63, 3.8) is 0 Å². The van der Waals surface area contributed by atoms with E-state index in [2.05, 4.69) is 26.2 Å². The maximum Gasteiger partial charge on any atom is 0.289 e. The summed E-state index contributed by atoms with van der Waals surface area (Å²) in [5, 5.41) is 3.47. The zero-order valence-electron chi connectivity index (χ0n) is 8.46. The summed E-state index contributed by atoms with van der Waals surface area (Å²) in [4.78, 5) is 15.3. The Kier molecular flexibility index (Phi) is 5.34. The van der Waals surface area contributed by atoms with Crippen molar-refractivity contribution in [2.45, 2.75) is 6.92 Å². The first-order chi connectivity index (χ1) is 7.25. The van der Waals surface area contributed by atoms with E-state index in [1.165, 1.54) is 6.39 Å². The third-order valence-electron chi connectivity index (χ3n) is 1.71. The number of rotatable bonds is 6. The number of hydrogen-bond acceptors (Lipinski definition) is 4. The molecule has 5 nitrogen and oxygen atoms in total. The van der Waals surface area contributed by atoms with Gasteiger partial charge in [0.25, 0.3) is 5.91 Å². The highest BCUT2D eigenvalue weighted by atomic mass is 79.9. The Bertz CT molecular complexity index is 314. The lowest BCUT2D eigenvalue weighted by atomic mass is 10.3. The molecule has 1 rings (SSSR count). The number of oxazole rings is 1. The van der Waals surface area contributed by atoms with Crippen molar-refractivity contribution in [2.24, 2.45) is 0 Å². The molecule has 0 radical (unpaired) electrons. The summed E-state index contributed by atoms with van der Waals surface area (Å²) in [7, 11) is 0. The zero-order chi connectivity index (χ0) is 11.1. The van der Waals surface area contributed by atoms with Crippen LogP contribution in [0.4, 0.5) is 0 Å². The van der Waals surface area contributed by atoms with E-state index in [0.717, 1.165) is 5.33 Å². The van der Waals surface area contributed by atoms with Crippen LogP contribution in [-0.2, 0) is 4.74 Å². The van der Waals surface area contributed by atoms with Crippen molar-refractivity contribution in [3.8, 4) is 0 Å². The third-order valence-corrected chi connectivity index (χ3v) is 2.03. The number of halogens is 1. The standard InChI is InChI=1S/C9H13BrN2O3/c1-7-8(15-6-12-7)9(13)11-3-5-14-4-2-10/h6H,2-5H2,1H3,(H,11,13). The molecular weight excluding hydrogens is 264 g/mol. The fourth-order valence-electron chi connectivity index (χ4n) is 0.993. The maximum atomic E-state index is 11.4. The first-order valence-corrected chi connectivity index (χ1v) is 5.70. The number of amides is 1. The molecule has 0 spiro atoms. The van der Waals surface area contributed by atoms with Gasteiger partial charge in [-0.2, -0.15) is 0 Å². The minimum Gasteiger partial charge on any atom is -0.438 e. The van der Waals surface area contributed by atoms with Crippen LogP contribution in [0.25, 0.3) is 0 Å². The van der Waals surface area contributed by atoms with Gasteiger partial charge in [-0.1, -0.05) is 15.9 Å². The zero-order valence-corrected chi connectivity index (χ0v) is 10.0. The van der Waals surface area contributed by atoms with E-state index < -0.39 is 0 Å². The molecule has 0 bridgehead atoms. The van der Waals surface area contributed by atoms with Gasteiger partial charge in [0.15, 0.2) is 6.39 Å². The summed E-state index contributed by atoms with van der Waals surface area (Å²) in [6.07, 6.45) is 1.26. The van der Waals surface area contributed by atoms with Crippen LogP contribution < -0.4 is 5.32 Å². The minimum atomic E-state index is -0.257. The molecule has 1 amide bonds. The van der Waals surface area contributed by atoms with Gasteiger partial charge in [-0.25, -0.2) is 4.98 Å². The molecule has 1 heterocycles. The van der Waals surface area contributed by atoms with Crippen LogP contribution in [0.15, 0.2) is 10.8 Å². The quantitative estimate of drug-likeness (QED) is 0.625. The summed E-state index contributed by atoms with van der Waals surface area (Å²) in [6, 6.07) is 0. The Morgan fingerprint density at radius 3 is 3.07 bits per heavy atom. The van der Waals surface area contributed by atoms with Crippen molar-refractivity contribution in [1.82, 2.24) is 10.3 Å². The summed E-state index contributed by atoms with van der Waals surface area (Å²) >= 11 is 3.24. The highest BCUT2D eigenvalue weighted by Gasteiger charge is 2.12. The monoisotopic (exact) mass is 276 g/mol. The van der Waals surface area contributed by atoms with E-state index in [4.69, 9.17) is 9.15 Å². The third kappa shape index (κ3) is 4.01. The fourth-order valence-corrected chi connectivity index (χ4v) is 1.22. The summed E-state index contributed by atoms with van der Waals surface area (Å²) < 4.78 is 10.1. The molecule has 0 aliphatic carbocycles. The Hall–Kier alpha value is -0.880. The molecule has 0 aliphatic rings. The van der Waals surface area contributed by atoms with E-state index in [1.807, 2.05) is 0 Å². The lowest BCUT2D eigenvalue weighted by Gasteiger charge is -2.03. The molecule has 0 unspecified atom stereocenters. The number of carbonyl (C=O) groups excluding carboxylic acids is 1. The molecule has 1 N–H and O–H groups in total. The van der Waals surface area contributed by atoms with Crippen LogP contribution in [0.3, 0.4) is 0 Å². The SMILES string of the molecule is Cc1ncoc1C(=O)NCCOCCBr. The second kappa shape index (κ2) is 6.58. The molecule has 1 aromatic rings. The largest absolute Gasteiger partial charge is 0.438 e. The van der Waals surface area contributed by atoms with Crippen LogP contribution in [0.5, 0.6) is 0 Å². The lowest BCUT2D eigenvalue weighted by molar-refractivity contribution is 0.0896. The number of ether oxygens (including phenoxy) is 1. The van der Waals surface area contributed by atoms with Gasteiger partial charge in [0.2, 0.25) is 5.76 Å². The van der Waals surface area contributed by atoms with Crippen LogP contribution in [0, 0.1) is 6.92 Å². The lowest BCUT2D eigenvalue weighted by Crippen LogP contribution is -2.27. The van der Waals surface area contributed by atoms with E-state index in [9.17, 15) is 4.79 Å². The number of nitrogens with one attached hydrogen (secondary N) is 1. The molecule has 0 saturated heterocycles. The van der Waals surface area contributed by atoms with Crippen molar-refractivity contribution in [2.75, 3.05) is 25.1 Å². The molecule has 1 aromatic heterocycles. The van der Waals surface area contributed by atoms with Gasteiger partial charge in [-0.3, -0.25) is 4.79 Å². The molecule has 0 atom stereocenters. The van der Waals surface area contributed by atoms with E-state index in [-0.39, 0.29) is 11.7 Å². The maximum absolute atomic E-state index is 11.4. The Morgan fingerprint density at radius 2 is 2.47 bits per heavy atom. The topological polar surface area (TPSA) is 64.4 Å². The highest BCUT2D eigenvalue weighted by Crippen LogP contribution is 2.03. The van der Waals surface area contributed by atoms with Crippen molar-refractivity contribution < 1.29 is 13.9 Å². The van der Waals surface area contributed by atoms with Gasteiger partial charge in [-0.15, -0.1) is 0 Å². The second-order valence-corrected chi connectivity index (χ2v) is 3.62. The summed E-state index contributed by atoms with van der Waals surface area (Å²) in [5.74, 6) is 0.00272. The van der Waals surface area contributed by atoms with Gasteiger partial charge in [-0.05, 0) is 6.92 Å². The molecule has 0 fully saturated rings. The van der Waals surface area contributed by atoms with Crippen molar-refractivity contribution in [1.29, 1.82) is 0 Å². The van der Waals surface area contributed by atoms with Gasteiger partial charge in [0, 0.05) is 11.9 Å². The van der Waals surface area contributed by atoms with Crippen molar-refractivity contribution in [3.05, 3.63) is 17.8 Å². The van der Waals surface area contributed by atoms with Gasteiger partial charge >= 0.3 is 0 Å². The number of nitrogens with zero attached hydrogens (tertiary/aromatic N) is 1. The molecule has 0 aliphatic heterocycles. The fraction of sp³-hybridized carbons (Fsp3) is 0.556. The van der Waals surface area contributed by atoms with E-state index >= 15 is 0 Å². The predicted octanol–water partition coefficient (Wildman–Crippen LogP) is 1.12. The van der Waals surface area contributed by atoms with Gasteiger partial charge in [0.1, 0.15) is 0 Å². The van der Waals surface area contributed by atoms with E-state index in [1.54, 1.807) is 6.92 Å². The van der Waals surface area contributed by atoms with Crippen LogP contribution >= 0.6 is 15.9 Å². The highest BCUT2D eigenvalue weighted by molar-refractivity contribution is 9.09. The Labute approximate surface area is 96.3 Å². The van der Waals surface area contributed by atoms with Gasteiger partial charge in [0.05, 0.1) is 18.9 Å². The molecule has 6 heteroatoms. The van der Waals surface area contributed by atoms with Gasteiger partial charge < -0.3 is 14.5 Å². The first kappa shape index (κ1) is 12.2. The number of hydrogen-bond donors (Lipinski definition) is 1. The van der Waals surface area contributed by atoms with Crippen LogP contribution in [0.2, 0.25) is 0 Å². The average Bonchev–Trinajstić information content (AvgIpc) is 2.64. The van der Waals surface area contributed by atoms with E-state index in [0.29, 0.717) is 25.5 Å². The number of aryl methyl sites for hydroxylation is 1. The number of aromatic nitrogens is 1. The minimum absolute atomic E-state index is 0.257. The predicted molar refractivity (Wildman–Crippen MR) is 58.2 cm³/mol. The number of alkyl halides is 1. The smallest absolute Gasteiger partial charge is 0.289 e. The Morgan fingerprint density at radius 1 is 1.67 bits per heavy atom. The normalized spacial score (nSPS) is 10.3. The first-order valence-electron chi connectivity index (χ1n) is 4.57. The summed E-state index contributed by atoms with van der Waals surface area (Å²) in [6.45, 7) is 3.31. The molecule has 0 aromatic carbocycles. The number of carbonyl (C=O) groups is 1. The molecule has 15 heavy (non-hydrogen) atoms. The molecular formula is C9H13BrN2O3. The van der Waals surface area contributed by atoms with Crippen molar-refractivity contribution >= 4 is 21.8 Å². The van der Waals surface area contributed by atoms with Crippen LogP contribution in [-0.4, -0.2) is 36.0 Å². The summed E-state index contributed by atoms with van der Waals surface area (Å²) in [5.41, 5.74) is 0.592. The average molecular weight is 277 g/mol. The Balaban J connectivity index is 2.22. The second-order valence-electron chi connectivity index (χ2n) is 2.82. The van der Waals surface area contributed by atoms with Crippen LogP contribution in [0.1, 0.15) is 16.2 Å². The molecule has 84 valence electrons.